The van der Waals surface area contributed by atoms with Crippen LogP contribution in [0.4, 0.5) is 15.6 Å². The third-order valence-electron chi connectivity index (χ3n) is 3.19. The summed E-state index contributed by atoms with van der Waals surface area (Å²) in [4.78, 5) is 20.6. The molecule has 23 heavy (non-hydrogen) atoms. The van der Waals surface area contributed by atoms with Crippen LogP contribution >= 0.6 is 11.3 Å². The van der Waals surface area contributed by atoms with Crippen LogP contribution in [0.3, 0.4) is 0 Å². The van der Waals surface area contributed by atoms with Crippen LogP contribution < -0.4 is 16.0 Å². The Balaban J connectivity index is 1.60. The molecule has 0 unspecified atom stereocenters. The number of aryl methyl sites for hydroxylation is 1. The number of benzene rings is 1. The van der Waals surface area contributed by atoms with E-state index in [0.717, 1.165) is 28.3 Å². The minimum absolute atomic E-state index is 0.289. The van der Waals surface area contributed by atoms with Crippen LogP contribution in [-0.4, -0.2) is 23.0 Å². The minimum Gasteiger partial charge on any atom is -0.441 e. The molecule has 0 spiro atoms. The highest BCUT2D eigenvalue weighted by atomic mass is 32.1. The van der Waals surface area contributed by atoms with Gasteiger partial charge in [-0.1, -0.05) is 6.92 Å². The van der Waals surface area contributed by atoms with Crippen LogP contribution in [0.2, 0.25) is 0 Å². The highest BCUT2D eigenvalue weighted by Crippen LogP contribution is 2.20. The monoisotopic (exact) mass is 331 g/mol. The maximum Gasteiger partial charge on any atom is 0.319 e. The Morgan fingerprint density at radius 1 is 1.35 bits per heavy atom. The van der Waals surface area contributed by atoms with Gasteiger partial charge in [0.1, 0.15) is 5.52 Å². The number of nitrogens with one attached hydrogen (secondary N) is 3. The molecule has 0 aliphatic carbocycles. The molecule has 7 nitrogen and oxygen atoms in total. The van der Waals surface area contributed by atoms with E-state index in [1.54, 1.807) is 18.2 Å². The van der Waals surface area contributed by atoms with E-state index in [9.17, 15) is 4.79 Å². The largest absolute Gasteiger partial charge is 0.441 e. The van der Waals surface area contributed by atoms with E-state index in [4.69, 9.17) is 4.42 Å². The standard InChI is InChI=1S/C15H17N5O2S/c1-3-13-20-11-6-9(4-5-12(11)22-13)18-14(21)17-7-10-8-23-15(16-2)19-10/h4-6,8H,3,7H2,1-2H3,(H,16,19)(H2,17,18,21). The van der Waals surface area contributed by atoms with Gasteiger partial charge in [-0.25, -0.2) is 14.8 Å². The normalized spacial score (nSPS) is 10.7. The Kier molecular flexibility index (Phi) is 4.42. The molecule has 0 fully saturated rings. The van der Waals surface area contributed by atoms with Gasteiger partial charge in [0.2, 0.25) is 0 Å². The van der Waals surface area contributed by atoms with E-state index >= 15 is 0 Å². The van der Waals surface area contributed by atoms with E-state index in [1.807, 2.05) is 19.4 Å². The molecule has 0 saturated carbocycles. The molecule has 0 radical (unpaired) electrons. The molecule has 2 heterocycles. The summed E-state index contributed by atoms with van der Waals surface area (Å²) in [5.74, 6) is 0.686. The Labute approximate surface area is 137 Å². The van der Waals surface area contributed by atoms with Gasteiger partial charge in [-0.2, -0.15) is 0 Å². The maximum absolute atomic E-state index is 12.0. The van der Waals surface area contributed by atoms with Crippen molar-refractivity contribution < 1.29 is 9.21 Å². The van der Waals surface area contributed by atoms with Crippen molar-refractivity contribution in [3.05, 3.63) is 35.2 Å². The number of hydrogen-bond donors (Lipinski definition) is 3. The molecule has 2 aromatic heterocycles. The molecule has 0 atom stereocenters. The molecule has 2 amide bonds. The van der Waals surface area contributed by atoms with E-state index in [-0.39, 0.29) is 6.03 Å². The van der Waals surface area contributed by atoms with Crippen LogP contribution in [-0.2, 0) is 13.0 Å². The summed E-state index contributed by atoms with van der Waals surface area (Å²) in [6.45, 7) is 2.35. The number of fused-ring (bicyclic) bond motifs is 1. The third kappa shape index (κ3) is 3.59. The molecule has 0 saturated heterocycles. The summed E-state index contributed by atoms with van der Waals surface area (Å²) in [5.41, 5.74) is 2.93. The number of aromatic nitrogens is 2. The zero-order valence-electron chi connectivity index (χ0n) is 12.8. The molecule has 3 rings (SSSR count). The van der Waals surface area contributed by atoms with Gasteiger partial charge in [0.25, 0.3) is 0 Å². The summed E-state index contributed by atoms with van der Waals surface area (Å²) in [7, 11) is 1.81. The number of anilines is 2. The molecular weight excluding hydrogens is 314 g/mol. The summed E-state index contributed by atoms with van der Waals surface area (Å²) in [6, 6.07) is 5.09. The van der Waals surface area contributed by atoms with Crippen molar-refractivity contribution in [3.63, 3.8) is 0 Å². The Bertz CT molecular complexity index is 826. The van der Waals surface area contributed by atoms with Gasteiger partial charge < -0.3 is 20.4 Å². The van der Waals surface area contributed by atoms with Crippen molar-refractivity contribution >= 4 is 39.3 Å². The number of rotatable bonds is 5. The fraction of sp³-hybridized carbons (Fsp3) is 0.267. The fourth-order valence-corrected chi connectivity index (χ4v) is 2.72. The average Bonchev–Trinajstić information content (AvgIpc) is 3.18. The smallest absolute Gasteiger partial charge is 0.319 e. The molecular formula is C15H17N5O2S. The second-order valence-corrected chi connectivity index (χ2v) is 5.70. The van der Waals surface area contributed by atoms with Crippen molar-refractivity contribution in [2.45, 2.75) is 19.9 Å². The molecule has 120 valence electrons. The Morgan fingerprint density at radius 3 is 2.96 bits per heavy atom. The van der Waals surface area contributed by atoms with Gasteiger partial charge in [0, 0.05) is 24.5 Å². The highest BCUT2D eigenvalue weighted by Gasteiger charge is 2.08. The lowest BCUT2D eigenvalue weighted by atomic mass is 10.3. The second-order valence-electron chi connectivity index (χ2n) is 4.85. The quantitative estimate of drug-likeness (QED) is 0.667. The van der Waals surface area contributed by atoms with Gasteiger partial charge in [-0.15, -0.1) is 11.3 Å². The predicted octanol–water partition coefficient (Wildman–Crippen LogP) is 3.21. The first-order valence-corrected chi connectivity index (χ1v) is 8.12. The van der Waals surface area contributed by atoms with E-state index in [0.29, 0.717) is 18.1 Å². The number of hydrogen-bond acceptors (Lipinski definition) is 6. The molecule has 0 aliphatic rings. The molecule has 0 aliphatic heterocycles. The fourth-order valence-electron chi connectivity index (χ4n) is 2.05. The number of oxazole rings is 1. The zero-order valence-corrected chi connectivity index (χ0v) is 13.7. The third-order valence-corrected chi connectivity index (χ3v) is 4.10. The Hall–Kier alpha value is -2.61. The molecule has 8 heteroatoms. The van der Waals surface area contributed by atoms with Crippen LogP contribution in [0.15, 0.2) is 28.0 Å². The number of carbonyl (C=O) groups is 1. The van der Waals surface area contributed by atoms with E-state index in [2.05, 4.69) is 25.9 Å². The maximum atomic E-state index is 12.0. The predicted molar refractivity (Wildman–Crippen MR) is 90.9 cm³/mol. The molecule has 0 bridgehead atoms. The lowest BCUT2D eigenvalue weighted by Crippen LogP contribution is -2.28. The highest BCUT2D eigenvalue weighted by molar-refractivity contribution is 7.13. The number of urea groups is 1. The van der Waals surface area contributed by atoms with Gasteiger partial charge in [-0.05, 0) is 18.2 Å². The van der Waals surface area contributed by atoms with Gasteiger partial charge in [0.15, 0.2) is 16.6 Å². The number of nitrogens with zero attached hydrogens (tertiary/aromatic N) is 2. The number of carbonyl (C=O) groups excluding carboxylic acids is 1. The second kappa shape index (κ2) is 6.66. The Morgan fingerprint density at radius 2 is 2.22 bits per heavy atom. The topological polar surface area (TPSA) is 92.1 Å². The number of thiazole rings is 1. The SMILES string of the molecule is CCc1nc2cc(NC(=O)NCc3csc(NC)n3)ccc2o1. The van der Waals surface area contributed by atoms with Gasteiger partial charge >= 0.3 is 6.03 Å². The molecule has 3 N–H and O–H groups in total. The van der Waals surface area contributed by atoms with Crippen LogP contribution in [0.5, 0.6) is 0 Å². The molecule has 1 aromatic carbocycles. The first-order valence-electron chi connectivity index (χ1n) is 7.24. The van der Waals surface area contributed by atoms with Crippen LogP contribution in [0.1, 0.15) is 18.5 Å². The van der Waals surface area contributed by atoms with E-state index < -0.39 is 0 Å². The van der Waals surface area contributed by atoms with Crippen LogP contribution in [0, 0.1) is 0 Å². The van der Waals surface area contributed by atoms with Crippen molar-refractivity contribution in [1.82, 2.24) is 15.3 Å². The minimum atomic E-state index is -0.289. The van der Waals surface area contributed by atoms with Crippen molar-refractivity contribution in [2.24, 2.45) is 0 Å². The van der Waals surface area contributed by atoms with Crippen molar-refractivity contribution in [2.75, 3.05) is 17.7 Å². The molecule has 3 aromatic rings. The van der Waals surface area contributed by atoms with Gasteiger partial charge in [0.05, 0.1) is 12.2 Å². The lowest BCUT2D eigenvalue weighted by molar-refractivity contribution is 0.251. The van der Waals surface area contributed by atoms with E-state index in [1.165, 1.54) is 11.3 Å². The zero-order chi connectivity index (χ0) is 16.2. The number of amides is 2. The average molecular weight is 331 g/mol. The summed E-state index contributed by atoms with van der Waals surface area (Å²) < 4.78 is 5.54. The summed E-state index contributed by atoms with van der Waals surface area (Å²) in [6.07, 6.45) is 0.736. The van der Waals surface area contributed by atoms with Crippen molar-refractivity contribution in [1.29, 1.82) is 0 Å². The summed E-state index contributed by atoms with van der Waals surface area (Å²) >= 11 is 1.50. The summed E-state index contributed by atoms with van der Waals surface area (Å²) in [5, 5.41) is 11.2. The van der Waals surface area contributed by atoms with Crippen molar-refractivity contribution in [3.8, 4) is 0 Å². The first-order chi connectivity index (χ1) is 11.2. The lowest BCUT2D eigenvalue weighted by Gasteiger charge is -2.06. The van der Waals surface area contributed by atoms with Crippen LogP contribution in [0.25, 0.3) is 11.1 Å². The first kappa shape index (κ1) is 15.3. The van der Waals surface area contributed by atoms with Gasteiger partial charge in [-0.3, -0.25) is 0 Å².